The van der Waals surface area contributed by atoms with Crippen molar-refractivity contribution in [3.63, 3.8) is 0 Å². The highest BCUT2D eigenvalue weighted by atomic mass is 32.2. The molecule has 0 bridgehead atoms. The third-order valence-corrected chi connectivity index (χ3v) is 3.53. The fourth-order valence-corrected chi connectivity index (χ4v) is 2.66. The molecule has 1 aliphatic rings. The molecule has 2 N–H and O–H groups in total. The van der Waals surface area contributed by atoms with Crippen molar-refractivity contribution in [3.05, 3.63) is 0 Å². The molecule has 1 rings (SSSR count). The number of nitrogens with one attached hydrogen (secondary N) is 1. The largest absolute Gasteiger partial charge is 0.392 e. The predicted molar refractivity (Wildman–Crippen MR) is 59.2 cm³/mol. The molecule has 3 atom stereocenters. The number of hydrogen-bond acceptors (Lipinski definition) is 3. The molecule has 0 saturated heterocycles. The van der Waals surface area contributed by atoms with Gasteiger partial charge in [-0.25, -0.2) is 0 Å². The van der Waals surface area contributed by atoms with Gasteiger partial charge in [0.15, 0.2) is 0 Å². The van der Waals surface area contributed by atoms with E-state index in [1.165, 1.54) is 6.42 Å². The molecule has 0 amide bonds. The normalized spacial score (nSPS) is 30.7. The van der Waals surface area contributed by atoms with E-state index < -0.39 is 0 Å². The fourth-order valence-electron chi connectivity index (χ4n) is 1.92. The van der Waals surface area contributed by atoms with Crippen LogP contribution in [-0.2, 0) is 0 Å². The predicted octanol–water partition coefficient (Wildman–Crippen LogP) is 1.63. The van der Waals surface area contributed by atoms with Crippen LogP contribution in [-0.4, -0.2) is 35.3 Å². The molecule has 0 radical (unpaired) electrons. The summed E-state index contributed by atoms with van der Waals surface area (Å²) in [6.45, 7) is 2.20. The Morgan fingerprint density at radius 3 is 2.77 bits per heavy atom. The van der Waals surface area contributed by atoms with Crippen molar-refractivity contribution in [2.45, 2.75) is 50.8 Å². The van der Waals surface area contributed by atoms with E-state index in [2.05, 4.69) is 18.5 Å². The van der Waals surface area contributed by atoms with Gasteiger partial charge in [-0.3, -0.25) is 0 Å². The first-order valence-electron chi connectivity index (χ1n) is 5.21. The summed E-state index contributed by atoms with van der Waals surface area (Å²) in [7, 11) is 0. The van der Waals surface area contributed by atoms with Crippen molar-refractivity contribution in [1.82, 2.24) is 5.32 Å². The van der Waals surface area contributed by atoms with Crippen LogP contribution in [0.2, 0.25) is 0 Å². The van der Waals surface area contributed by atoms with Crippen molar-refractivity contribution >= 4 is 11.8 Å². The van der Waals surface area contributed by atoms with Crippen LogP contribution in [0.3, 0.4) is 0 Å². The van der Waals surface area contributed by atoms with Crippen LogP contribution >= 0.6 is 11.8 Å². The zero-order valence-corrected chi connectivity index (χ0v) is 9.44. The molecule has 1 aliphatic carbocycles. The first kappa shape index (κ1) is 11.3. The first-order valence-corrected chi connectivity index (χ1v) is 6.60. The minimum Gasteiger partial charge on any atom is -0.392 e. The molecule has 1 saturated carbocycles. The van der Waals surface area contributed by atoms with E-state index in [1.807, 2.05) is 11.8 Å². The van der Waals surface area contributed by atoms with Crippen LogP contribution in [0.4, 0.5) is 0 Å². The molecule has 0 aromatic carbocycles. The van der Waals surface area contributed by atoms with Crippen LogP contribution in [0.5, 0.6) is 0 Å². The van der Waals surface area contributed by atoms with Crippen molar-refractivity contribution < 1.29 is 5.11 Å². The lowest BCUT2D eigenvalue weighted by Crippen LogP contribution is -2.43. The van der Waals surface area contributed by atoms with Gasteiger partial charge in [0.25, 0.3) is 0 Å². The lowest BCUT2D eigenvalue weighted by Gasteiger charge is -2.23. The molecule has 78 valence electrons. The van der Waals surface area contributed by atoms with E-state index >= 15 is 0 Å². The SMILES string of the molecule is CCC(CSC)N[C@H]1CCC[C@@H]1O. The molecule has 2 nitrogen and oxygen atoms in total. The van der Waals surface area contributed by atoms with E-state index in [9.17, 15) is 5.11 Å². The Balaban J connectivity index is 2.27. The summed E-state index contributed by atoms with van der Waals surface area (Å²) in [6, 6.07) is 0.935. The standard InChI is InChI=1S/C10H21NOS/c1-3-8(7-13-2)11-9-5-4-6-10(9)12/h8-12H,3-7H2,1-2H3/t8?,9-,10-/m0/s1. The lowest BCUT2D eigenvalue weighted by molar-refractivity contribution is 0.144. The number of aliphatic hydroxyl groups is 1. The average molecular weight is 203 g/mol. The highest BCUT2D eigenvalue weighted by Crippen LogP contribution is 2.20. The van der Waals surface area contributed by atoms with Crippen LogP contribution < -0.4 is 5.32 Å². The van der Waals surface area contributed by atoms with Gasteiger partial charge in [0.05, 0.1) is 6.10 Å². The Bertz CT molecular complexity index is 143. The Kier molecular flexibility index (Phi) is 5.14. The van der Waals surface area contributed by atoms with Crippen LogP contribution in [0.25, 0.3) is 0 Å². The van der Waals surface area contributed by atoms with Gasteiger partial charge in [0, 0.05) is 17.8 Å². The minimum absolute atomic E-state index is 0.101. The number of aliphatic hydroxyl groups excluding tert-OH is 1. The average Bonchev–Trinajstić information content (AvgIpc) is 2.51. The van der Waals surface area contributed by atoms with Crippen LogP contribution in [0.1, 0.15) is 32.6 Å². The Labute approximate surface area is 85.5 Å². The molecule has 0 heterocycles. The van der Waals surface area contributed by atoms with Crippen molar-refractivity contribution in [1.29, 1.82) is 0 Å². The monoisotopic (exact) mass is 203 g/mol. The van der Waals surface area contributed by atoms with E-state index in [-0.39, 0.29) is 6.10 Å². The second kappa shape index (κ2) is 5.89. The first-order chi connectivity index (χ1) is 6.27. The highest BCUT2D eigenvalue weighted by Gasteiger charge is 2.26. The second-order valence-corrected chi connectivity index (χ2v) is 4.74. The van der Waals surface area contributed by atoms with E-state index in [1.54, 1.807) is 0 Å². The zero-order valence-electron chi connectivity index (χ0n) is 8.62. The van der Waals surface area contributed by atoms with Crippen molar-refractivity contribution in [2.24, 2.45) is 0 Å². The topological polar surface area (TPSA) is 32.3 Å². The van der Waals surface area contributed by atoms with Gasteiger partial charge >= 0.3 is 0 Å². The Morgan fingerprint density at radius 1 is 1.54 bits per heavy atom. The molecule has 1 unspecified atom stereocenters. The maximum Gasteiger partial charge on any atom is 0.0693 e. The van der Waals surface area contributed by atoms with Gasteiger partial charge in [-0.2, -0.15) is 11.8 Å². The third-order valence-electron chi connectivity index (χ3n) is 2.79. The fraction of sp³-hybridized carbons (Fsp3) is 1.00. The van der Waals surface area contributed by atoms with E-state index in [0.29, 0.717) is 12.1 Å². The zero-order chi connectivity index (χ0) is 9.68. The summed E-state index contributed by atoms with van der Waals surface area (Å²) in [5, 5.41) is 13.2. The molecular formula is C10H21NOS. The summed E-state index contributed by atoms with van der Waals surface area (Å²) in [4.78, 5) is 0. The quantitative estimate of drug-likeness (QED) is 0.712. The van der Waals surface area contributed by atoms with Gasteiger partial charge in [0.2, 0.25) is 0 Å². The van der Waals surface area contributed by atoms with Crippen molar-refractivity contribution in [2.75, 3.05) is 12.0 Å². The smallest absolute Gasteiger partial charge is 0.0693 e. The van der Waals surface area contributed by atoms with Gasteiger partial charge < -0.3 is 10.4 Å². The number of rotatable bonds is 5. The number of thioether (sulfide) groups is 1. The van der Waals surface area contributed by atoms with E-state index in [4.69, 9.17) is 0 Å². The minimum atomic E-state index is -0.101. The third kappa shape index (κ3) is 3.49. The van der Waals surface area contributed by atoms with Crippen molar-refractivity contribution in [3.8, 4) is 0 Å². The molecule has 13 heavy (non-hydrogen) atoms. The molecule has 0 aliphatic heterocycles. The van der Waals surface area contributed by atoms with Gasteiger partial charge in [0.1, 0.15) is 0 Å². The number of hydrogen-bond donors (Lipinski definition) is 2. The molecular weight excluding hydrogens is 182 g/mol. The Morgan fingerprint density at radius 2 is 2.31 bits per heavy atom. The molecule has 0 aromatic heterocycles. The summed E-state index contributed by atoms with van der Waals surface area (Å²) in [5.74, 6) is 1.15. The molecule has 1 fully saturated rings. The summed E-state index contributed by atoms with van der Waals surface area (Å²) < 4.78 is 0. The molecule has 3 heteroatoms. The molecule has 0 aromatic rings. The second-order valence-electron chi connectivity index (χ2n) is 3.83. The molecule has 0 spiro atoms. The maximum atomic E-state index is 9.63. The van der Waals surface area contributed by atoms with Gasteiger partial charge in [-0.1, -0.05) is 6.92 Å². The summed E-state index contributed by atoms with van der Waals surface area (Å²) in [6.07, 6.45) is 6.49. The van der Waals surface area contributed by atoms with E-state index in [0.717, 1.165) is 25.0 Å². The maximum absolute atomic E-state index is 9.63. The summed E-state index contributed by atoms with van der Waals surface area (Å²) in [5.41, 5.74) is 0. The summed E-state index contributed by atoms with van der Waals surface area (Å²) >= 11 is 1.87. The van der Waals surface area contributed by atoms with Gasteiger partial charge in [-0.05, 0) is 31.9 Å². The highest BCUT2D eigenvalue weighted by molar-refractivity contribution is 7.98. The van der Waals surface area contributed by atoms with Crippen LogP contribution in [0.15, 0.2) is 0 Å². The Hall–Kier alpha value is 0.270. The van der Waals surface area contributed by atoms with Gasteiger partial charge in [-0.15, -0.1) is 0 Å². The van der Waals surface area contributed by atoms with Crippen LogP contribution in [0, 0.1) is 0 Å². The lowest BCUT2D eigenvalue weighted by atomic mass is 10.1.